The third kappa shape index (κ3) is 7.52. The lowest BCUT2D eigenvalue weighted by molar-refractivity contribution is 0.425. The molecule has 0 amide bonds. The predicted octanol–water partition coefficient (Wildman–Crippen LogP) is 8.04. The molecule has 0 aliphatic rings. The van der Waals surface area contributed by atoms with Gasteiger partial charge in [0.05, 0.1) is 0 Å². The molecule has 10 nitrogen and oxygen atoms in total. The molecule has 0 bridgehead atoms. The number of benzene rings is 8. The zero-order valence-corrected chi connectivity index (χ0v) is 34.1. The summed E-state index contributed by atoms with van der Waals surface area (Å²) in [5, 5.41) is 46.0. The standard InChI is InChI=1S/C26H21BN4O2.C26H20N4/c32-27(33)24-19-11-10-18-23(24)25-28-29-30-31(25)26(20-12-4-1-5-13-20,21-14-6-2-7-15-21)22-16-8-3-9-17-22;1-5-13-21(14-6-1)25-27-28-29-30(25)26(22-15-7-2-8-16-22,23-17-9-3-10-18-23)24-19-11-4-12-20-24/h1-19,32-33H;1-20H. The van der Waals surface area contributed by atoms with Gasteiger partial charge in [-0.1, -0.05) is 237 Å². The van der Waals surface area contributed by atoms with Gasteiger partial charge in [-0.2, -0.15) is 0 Å². The van der Waals surface area contributed by atoms with E-state index in [4.69, 9.17) is 0 Å². The van der Waals surface area contributed by atoms with Gasteiger partial charge < -0.3 is 10.0 Å². The van der Waals surface area contributed by atoms with Crippen LogP contribution in [-0.2, 0) is 11.1 Å². The van der Waals surface area contributed by atoms with E-state index in [-0.39, 0.29) is 0 Å². The molecule has 0 spiro atoms. The average Bonchev–Trinajstić information content (AvgIpc) is 4.07. The van der Waals surface area contributed by atoms with Crippen molar-refractivity contribution in [2.24, 2.45) is 0 Å². The summed E-state index contributed by atoms with van der Waals surface area (Å²) >= 11 is 0. The fourth-order valence-corrected chi connectivity index (χ4v) is 8.50. The molecule has 0 aliphatic carbocycles. The second-order valence-corrected chi connectivity index (χ2v) is 14.8. The van der Waals surface area contributed by atoms with Crippen LogP contribution in [-0.4, -0.2) is 57.6 Å². The largest absolute Gasteiger partial charge is 0.489 e. The Bertz CT molecular complexity index is 2780. The molecule has 304 valence electrons. The molecule has 2 heterocycles. The van der Waals surface area contributed by atoms with Crippen molar-refractivity contribution in [3.05, 3.63) is 270 Å². The Hall–Kier alpha value is -8.12. The van der Waals surface area contributed by atoms with E-state index in [0.717, 1.165) is 38.9 Å². The molecule has 2 N–H and O–H groups in total. The zero-order valence-electron chi connectivity index (χ0n) is 34.1. The van der Waals surface area contributed by atoms with E-state index in [9.17, 15) is 10.0 Å². The molecule has 0 fully saturated rings. The summed E-state index contributed by atoms with van der Waals surface area (Å²) < 4.78 is 3.72. The summed E-state index contributed by atoms with van der Waals surface area (Å²) in [5.41, 5.74) is 6.39. The smallest absolute Gasteiger partial charge is 0.423 e. The quantitative estimate of drug-likeness (QED) is 0.0992. The lowest BCUT2D eigenvalue weighted by Gasteiger charge is -2.36. The van der Waals surface area contributed by atoms with Crippen LogP contribution in [0.15, 0.2) is 237 Å². The van der Waals surface area contributed by atoms with Crippen LogP contribution in [0, 0.1) is 0 Å². The summed E-state index contributed by atoms with van der Waals surface area (Å²) in [4.78, 5) is 0. The van der Waals surface area contributed by atoms with Crippen molar-refractivity contribution in [3.63, 3.8) is 0 Å². The third-order valence-corrected chi connectivity index (χ3v) is 11.2. The Kier molecular flexibility index (Phi) is 11.7. The zero-order chi connectivity index (χ0) is 42.9. The van der Waals surface area contributed by atoms with Gasteiger partial charge >= 0.3 is 7.12 Å². The SMILES string of the molecule is OB(O)c1ccccc1-c1nnnn1C(c1ccccc1)(c1ccccc1)c1ccccc1.c1ccc(-c2nnnn2C(c2ccccc2)(c2ccccc2)c2ccccc2)cc1. The van der Waals surface area contributed by atoms with E-state index in [0.29, 0.717) is 22.7 Å². The minimum absolute atomic E-state index is 0.330. The van der Waals surface area contributed by atoms with Gasteiger partial charge in [0, 0.05) is 11.1 Å². The highest BCUT2D eigenvalue weighted by Gasteiger charge is 2.43. The van der Waals surface area contributed by atoms with Crippen molar-refractivity contribution in [1.82, 2.24) is 40.4 Å². The third-order valence-electron chi connectivity index (χ3n) is 11.2. The fourth-order valence-electron chi connectivity index (χ4n) is 8.50. The Morgan fingerprint density at radius 3 is 0.968 bits per heavy atom. The highest BCUT2D eigenvalue weighted by Crippen LogP contribution is 2.43. The number of aromatic nitrogens is 8. The number of hydrogen-bond acceptors (Lipinski definition) is 8. The van der Waals surface area contributed by atoms with Crippen molar-refractivity contribution in [1.29, 1.82) is 0 Å². The molecule has 0 saturated heterocycles. The van der Waals surface area contributed by atoms with Crippen molar-refractivity contribution < 1.29 is 10.0 Å². The minimum atomic E-state index is -1.66. The first-order valence-electron chi connectivity index (χ1n) is 20.5. The van der Waals surface area contributed by atoms with Crippen LogP contribution in [0.2, 0.25) is 0 Å². The van der Waals surface area contributed by atoms with Crippen LogP contribution in [0.1, 0.15) is 33.4 Å². The predicted molar refractivity (Wildman–Crippen MR) is 246 cm³/mol. The van der Waals surface area contributed by atoms with Crippen molar-refractivity contribution >= 4 is 12.6 Å². The number of rotatable bonds is 11. The molecule has 0 aliphatic heterocycles. The maximum absolute atomic E-state index is 10.0. The lowest BCUT2D eigenvalue weighted by atomic mass is 9.75. The first-order chi connectivity index (χ1) is 31.1. The molecule has 2 aromatic heterocycles. The Balaban J connectivity index is 0.000000161. The van der Waals surface area contributed by atoms with Gasteiger partial charge in [0.15, 0.2) is 11.6 Å². The summed E-state index contributed by atoms with van der Waals surface area (Å²) in [6.45, 7) is 0. The average molecular weight is 821 g/mol. The molecule has 0 radical (unpaired) electrons. The van der Waals surface area contributed by atoms with E-state index in [1.54, 1.807) is 22.9 Å². The molecule has 0 atom stereocenters. The molecule has 0 unspecified atom stereocenters. The van der Waals surface area contributed by atoms with Gasteiger partial charge in [0.25, 0.3) is 0 Å². The molecule has 8 aromatic carbocycles. The number of tetrazole rings is 2. The van der Waals surface area contributed by atoms with E-state index in [1.807, 2.05) is 114 Å². The van der Waals surface area contributed by atoms with Crippen LogP contribution in [0.4, 0.5) is 0 Å². The summed E-state index contributed by atoms with van der Waals surface area (Å²) in [5.74, 6) is 1.14. The molecular weight excluding hydrogens is 779 g/mol. The fraction of sp³-hybridized carbons (Fsp3) is 0.0385. The van der Waals surface area contributed by atoms with Gasteiger partial charge in [-0.3, -0.25) is 0 Å². The summed E-state index contributed by atoms with van der Waals surface area (Å²) in [7, 11) is -1.66. The normalized spacial score (nSPS) is 11.3. The maximum Gasteiger partial charge on any atom is 0.489 e. The Morgan fingerprint density at radius 1 is 0.333 bits per heavy atom. The van der Waals surface area contributed by atoms with Crippen LogP contribution >= 0.6 is 0 Å². The van der Waals surface area contributed by atoms with Gasteiger partial charge in [-0.15, -0.1) is 10.2 Å². The number of nitrogens with zero attached hydrogens (tertiary/aromatic N) is 8. The molecular formula is C52H41BN8O2. The lowest BCUT2D eigenvalue weighted by Crippen LogP contribution is -2.40. The van der Waals surface area contributed by atoms with Gasteiger partial charge in [-0.25, -0.2) is 9.36 Å². The maximum atomic E-state index is 10.0. The molecule has 10 rings (SSSR count). The van der Waals surface area contributed by atoms with Gasteiger partial charge in [-0.05, 0) is 59.7 Å². The topological polar surface area (TPSA) is 128 Å². The van der Waals surface area contributed by atoms with E-state index < -0.39 is 18.2 Å². The summed E-state index contributed by atoms with van der Waals surface area (Å²) in [6, 6.07) is 78.6. The first-order valence-corrected chi connectivity index (χ1v) is 20.5. The second kappa shape index (κ2) is 18.2. The van der Waals surface area contributed by atoms with E-state index in [2.05, 4.69) is 140 Å². The molecule has 63 heavy (non-hydrogen) atoms. The monoisotopic (exact) mass is 820 g/mol. The Labute approximate surface area is 365 Å². The highest BCUT2D eigenvalue weighted by atomic mass is 16.4. The minimum Gasteiger partial charge on any atom is -0.423 e. The Morgan fingerprint density at radius 2 is 0.619 bits per heavy atom. The van der Waals surface area contributed by atoms with Gasteiger partial charge in [0.2, 0.25) is 0 Å². The van der Waals surface area contributed by atoms with E-state index in [1.165, 1.54) is 0 Å². The van der Waals surface area contributed by atoms with Crippen LogP contribution < -0.4 is 5.46 Å². The molecule has 10 aromatic rings. The molecule has 11 heteroatoms. The van der Waals surface area contributed by atoms with Gasteiger partial charge in [0.1, 0.15) is 11.1 Å². The second-order valence-electron chi connectivity index (χ2n) is 14.8. The number of hydrogen-bond donors (Lipinski definition) is 2. The van der Waals surface area contributed by atoms with Crippen molar-refractivity contribution in [2.75, 3.05) is 0 Å². The van der Waals surface area contributed by atoms with Crippen LogP contribution in [0.25, 0.3) is 22.8 Å². The van der Waals surface area contributed by atoms with Crippen LogP contribution in [0.5, 0.6) is 0 Å². The van der Waals surface area contributed by atoms with Crippen molar-refractivity contribution in [2.45, 2.75) is 11.1 Å². The van der Waals surface area contributed by atoms with E-state index >= 15 is 0 Å². The first kappa shape index (κ1) is 40.3. The summed E-state index contributed by atoms with van der Waals surface area (Å²) in [6.07, 6.45) is 0. The molecule has 0 saturated carbocycles. The van der Waals surface area contributed by atoms with Crippen LogP contribution in [0.3, 0.4) is 0 Å². The van der Waals surface area contributed by atoms with Crippen molar-refractivity contribution in [3.8, 4) is 22.8 Å². The highest BCUT2D eigenvalue weighted by molar-refractivity contribution is 6.60.